The van der Waals surface area contributed by atoms with Crippen molar-refractivity contribution in [2.24, 2.45) is 0 Å². The molecule has 1 aliphatic rings. The predicted octanol–water partition coefficient (Wildman–Crippen LogP) is 0.770. The number of carbonyl (C=O) groups excluding carboxylic acids is 2. The van der Waals surface area contributed by atoms with Crippen LogP contribution in [0.15, 0.2) is 10.6 Å². The molecule has 8 nitrogen and oxygen atoms in total. The molecule has 0 unspecified atom stereocenters. The number of amides is 2. The summed E-state index contributed by atoms with van der Waals surface area (Å²) in [5, 5.41) is 4.50. The van der Waals surface area contributed by atoms with E-state index >= 15 is 0 Å². The third-order valence-electron chi connectivity index (χ3n) is 4.15. The van der Waals surface area contributed by atoms with Gasteiger partial charge >= 0.3 is 0 Å². The molecule has 3 rings (SSSR count). The minimum Gasteiger partial charge on any atom is -0.383 e. The maximum atomic E-state index is 12.9. The second kappa shape index (κ2) is 6.56. The first-order chi connectivity index (χ1) is 11.5. The Morgan fingerprint density at radius 1 is 1.38 bits per heavy atom. The van der Waals surface area contributed by atoms with E-state index in [0.717, 1.165) is 0 Å². The quantitative estimate of drug-likeness (QED) is 0.822. The molecule has 0 aliphatic carbocycles. The Hall–Kier alpha value is -2.48. The molecule has 0 saturated carbocycles. The third kappa shape index (κ3) is 2.96. The topological polar surface area (TPSA) is 88.8 Å². The van der Waals surface area contributed by atoms with Crippen molar-refractivity contribution in [1.29, 1.82) is 0 Å². The van der Waals surface area contributed by atoms with Crippen molar-refractivity contribution in [1.82, 2.24) is 19.9 Å². The van der Waals surface area contributed by atoms with Gasteiger partial charge in [0, 0.05) is 32.4 Å². The van der Waals surface area contributed by atoms with Crippen molar-refractivity contribution < 1.29 is 18.8 Å². The molecule has 1 aliphatic heterocycles. The number of piperazine rings is 1. The summed E-state index contributed by atoms with van der Waals surface area (Å²) in [7, 11) is 1.60. The van der Waals surface area contributed by atoms with E-state index in [1.165, 1.54) is 0 Å². The van der Waals surface area contributed by atoms with Gasteiger partial charge in [0.1, 0.15) is 6.54 Å². The number of hydrogen-bond acceptors (Lipinski definition) is 6. The molecule has 8 heteroatoms. The lowest BCUT2D eigenvalue weighted by atomic mass is 10.1. The lowest BCUT2D eigenvalue weighted by molar-refractivity contribution is -0.135. The minimum absolute atomic E-state index is 0.0652. The molecule has 1 saturated heterocycles. The van der Waals surface area contributed by atoms with Crippen LogP contribution in [0.2, 0.25) is 0 Å². The molecule has 1 fully saturated rings. The standard InChI is InChI=1S/C16H20N4O4/c1-10-8-12(14-11(2)18-24-15(14)17-10)16(22)20-5-4-19(6-7-23-3)13(21)9-20/h8H,4-7,9H2,1-3H3. The lowest BCUT2D eigenvalue weighted by Gasteiger charge is -2.34. The fourth-order valence-electron chi connectivity index (χ4n) is 2.88. The number of pyridine rings is 1. The summed E-state index contributed by atoms with van der Waals surface area (Å²) in [4.78, 5) is 32.7. The van der Waals surface area contributed by atoms with Crippen LogP contribution in [0, 0.1) is 13.8 Å². The molecule has 0 atom stereocenters. The zero-order chi connectivity index (χ0) is 17.3. The Labute approximate surface area is 139 Å². The normalized spacial score (nSPS) is 15.4. The van der Waals surface area contributed by atoms with Crippen LogP contribution in [0.3, 0.4) is 0 Å². The Balaban J connectivity index is 1.83. The van der Waals surface area contributed by atoms with Crippen LogP contribution in [0.4, 0.5) is 0 Å². The van der Waals surface area contributed by atoms with Crippen LogP contribution in [-0.2, 0) is 9.53 Å². The molecule has 2 aromatic heterocycles. The largest absolute Gasteiger partial charge is 0.383 e. The van der Waals surface area contributed by atoms with E-state index in [0.29, 0.717) is 54.3 Å². The second-order valence-corrected chi connectivity index (χ2v) is 5.86. The van der Waals surface area contributed by atoms with Crippen LogP contribution in [-0.4, -0.2) is 71.7 Å². The van der Waals surface area contributed by atoms with Crippen LogP contribution < -0.4 is 0 Å². The van der Waals surface area contributed by atoms with E-state index < -0.39 is 0 Å². The maximum absolute atomic E-state index is 12.9. The predicted molar refractivity (Wildman–Crippen MR) is 85.6 cm³/mol. The van der Waals surface area contributed by atoms with Crippen LogP contribution >= 0.6 is 0 Å². The average Bonchev–Trinajstić information content (AvgIpc) is 2.93. The number of rotatable bonds is 4. The number of fused-ring (bicyclic) bond motifs is 1. The van der Waals surface area contributed by atoms with Crippen molar-refractivity contribution in [2.75, 3.05) is 39.9 Å². The number of methoxy groups -OCH3 is 1. The fraction of sp³-hybridized carbons (Fsp3) is 0.500. The van der Waals surface area contributed by atoms with E-state index in [1.807, 2.05) is 0 Å². The molecule has 0 N–H and O–H groups in total. The number of hydrogen-bond donors (Lipinski definition) is 0. The van der Waals surface area contributed by atoms with E-state index in [-0.39, 0.29) is 18.4 Å². The second-order valence-electron chi connectivity index (χ2n) is 5.86. The maximum Gasteiger partial charge on any atom is 0.258 e. The van der Waals surface area contributed by atoms with Crippen molar-refractivity contribution in [3.63, 3.8) is 0 Å². The van der Waals surface area contributed by atoms with Gasteiger partial charge in [-0.05, 0) is 19.9 Å². The van der Waals surface area contributed by atoms with Gasteiger partial charge in [0.25, 0.3) is 11.6 Å². The zero-order valence-corrected chi connectivity index (χ0v) is 14.0. The first kappa shape index (κ1) is 16.4. The van der Waals surface area contributed by atoms with Crippen LogP contribution in [0.5, 0.6) is 0 Å². The molecule has 0 bridgehead atoms. The SMILES string of the molecule is COCCN1CCN(C(=O)c2cc(C)nc3onc(C)c23)CC1=O. The van der Waals surface area contributed by atoms with Crippen molar-refractivity contribution in [2.45, 2.75) is 13.8 Å². The number of aryl methyl sites for hydroxylation is 2. The molecule has 2 aromatic rings. The lowest BCUT2D eigenvalue weighted by Crippen LogP contribution is -2.52. The summed E-state index contributed by atoms with van der Waals surface area (Å²) >= 11 is 0. The van der Waals surface area contributed by atoms with E-state index in [9.17, 15) is 9.59 Å². The van der Waals surface area contributed by atoms with Crippen molar-refractivity contribution in [3.8, 4) is 0 Å². The highest BCUT2D eigenvalue weighted by atomic mass is 16.5. The third-order valence-corrected chi connectivity index (χ3v) is 4.15. The number of carbonyl (C=O) groups is 2. The van der Waals surface area contributed by atoms with Gasteiger partial charge in [0.05, 0.1) is 23.3 Å². The number of ether oxygens (including phenoxy) is 1. The summed E-state index contributed by atoms with van der Waals surface area (Å²) in [6.07, 6.45) is 0. The molecule has 128 valence electrons. The Morgan fingerprint density at radius 2 is 2.17 bits per heavy atom. The van der Waals surface area contributed by atoms with Crippen LogP contribution in [0.25, 0.3) is 11.1 Å². The monoisotopic (exact) mass is 332 g/mol. The molecular weight excluding hydrogens is 312 g/mol. The summed E-state index contributed by atoms with van der Waals surface area (Å²) in [5.41, 5.74) is 2.12. The molecular formula is C16H20N4O4. The zero-order valence-electron chi connectivity index (χ0n) is 14.0. The minimum atomic E-state index is -0.198. The molecule has 0 radical (unpaired) electrons. The van der Waals surface area contributed by atoms with Crippen molar-refractivity contribution >= 4 is 22.9 Å². The van der Waals surface area contributed by atoms with E-state index in [1.54, 1.807) is 36.8 Å². The first-order valence-electron chi connectivity index (χ1n) is 7.81. The van der Waals surface area contributed by atoms with Gasteiger partial charge in [0.15, 0.2) is 0 Å². The molecule has 24 heavy (non-hydrogen) atoms. The summed E-state index contributed by atoms with van der Waals surface area (Å²) in [5.74, 6) is -0.271. The number of aromatic nitrogens is 2. The van der Waals surface area contributed by atoms with Gasteiger partial charge in [-0.3, -0.25) is 9.59 Å². The highest BCUT2D eigenvalue weighted by molar-refractivity contribution is 6.07. The molecule has 2 amide bonds. The highest BCUT2D eigenvalue weighted by Gasteiger charge is 2.29. The molecule has 0 aromatic carbocycles. The first-order valence-corrected chi connectivity index (χ1v) is 7.81. The van der Waals surface area contributed by atoms with Gasteiger partial charge in [-0.2, -0.15) is 0 Å². The van der Waals surface area contributed by atoms with Gasteiger partial charge < -0.3 is 19.1 Å². The number of nitrogens with zero attached hydrogens (tertiary/aromatic N) is 4. The smallest absolute Gasteiger partial charge is 0.258 e. The summed E-state index contributed by atoms with van der Waals surface area (Å²) in [6, 6.07) is 1.72. The average molecular weight is 332 g/mol. The van der Waals surface area contributed by atoms with Gasteiger partial charge in [-0.25, -0.2) is 4.98 Å². The highest BCUT2D eigenvalue weighted by Crippen LogP contribution is 2.23. The molecule has 0 spiro atoms. The van der Waals surface area contributed by atoms with Gasteiger partial charge in [-0.1, -0.05) is 5.16 Å². The molecule has 3 heterocycles. The van der Waals surface area contributed by atoms with Gasteiger partial charge in [0.2, 0.25) is 5.91 Å². The van der Waals surface area contributed by atoms with E-state index in [2.05, 4.69) is 10.1 Å². The van der Waals surface area contributed by atoms with Crippen molar-refractivity contribution in [3.05, 3.63) is 23.0 Å². The fourth-order valence-corrected chi connectivity index (χ4v) is 2.88. The summed E-state index contributed by atoms with van der Waals surface area (Å²) in [6.45, 7) is 5.65. The van der Waals surface area contributed by atoms with Gasteiger partial charge in [-0.15, -0.1) is 0 Å². The summed E-state index contributed by atoms with van der Waals surface area (Å²) < 4.78 is 10.2. The Kier molecular flexibility index (Phi) is 4.48. The Bertz CT molecular complexity index is 786. The van der Waals surface area contributed by atoms with E-state index in [4.69, 9.17) is 9.26 Å². The van der Waals surface area contributed by atoms with Crippen LogP contribution in [0.1, 0.15) is 21.7 Å². The Morgan fingerprint density at radius 3 is 2.88 bits per heavy atom.